The van der Waals surface area contributed by atoms with E-state index in [9.17, 15) is 4.39 Å². The first kappa shape index (κ1) is 12.0. The third-order valence-corrected chi connectivity index (χ3v) is 3.20. The molecule has 4 nitrogen and oxygen atoms in total. The molecule has 0 atom stereocenters. The molecule has 2 heterocycles. The van der Waals surface area contributed by atoms with Crippen LogP contribution < -0.4 is 10.2 Å². The molecule has 1 saturated heterocycles. The van der Waals surface area contributed by atoms with Gasteiger partial charge in [-0.05, 0) is 12.1 Å². The molecule has 1 aromatic carbocycles. The number of aromatic nitrogens is 2. The third-order valence-electron chi connectivity index (χ3n) is 3.20. The molecule has 0 spiro atoms. The van der Waals surface area contributed by atoms with Gasteiger partial charge in [-0.2, -0.15) is 0 Å². The molecular formula is C14H15FN4. The van der Waals surface area contributed by atoms with Gasteiger partial charge < -0.3 is 10.2 Å². The molecule has 19 heavy (non-hydrogen) atoms. The molecular weight excluding hydrogens is 243 g/mol. The van der Waals surface area contributed by atoms with E-state index in [2.05, 4.69) is 20.2 Å². The van der Waals surface area contributed by atoms with Crippen LogP contribution in [0.15, 0.2) is 36.7 Å². The van der Waals surface area contributed by atoms with Gasteiger partial charge in [-0.25, -0.2) is 14.4 Å². The zero-order valence-electron chi connectivity index (χ0n) is 10.5. The molecule has 0 amide bonds. The maximum atomic E-state index is 13.2. The van der Waals surface area contributed by atoms with Crippen molar-refractivity contribution in [2.75, 3.05) is 31.1 Å². The number of nitrogens with zero attached hydrogens (tertiary/aromatic N) is 3. The quantitative estimate of drug-likeness (QED) is 0.890. The van der Waals surface area contributed by atoms with Crippen LogP contribution in [0, 0.1) is 5.82 Å². The van der Waals surface area contributed by atoms with E-state index in [1.165, 1.54) is 12.1 Å². The molecule has 3 rings (SSSR count). The summed E-state index contributed by atoms with van der Waals surface area (Å²) in [6.45, 7) is 3.88. The Morgan fingerprint density at radius 1 is 1.11 bits per heavy atom. The highest BCUT2D eigenvalue weighted by molar-refractivity contribution is 5.56. The first-order valence-electron chi connectivity index (χ1n) is 6.36. The fraction of sp³-hybridized carbons (Fsp3) is 0.286. The molecule has 5 heteroatoms. The lowest BCUT2D eigenvalue weighted by molar-refractivity contribution is 0.588. The molecule has 1 aliphatic heterocycles. The molecule has 1 N–H and O–H groups in total. The highest BCUT2D eigenvalue weighted by Gasteiger charge is 2.11. The van der Waals surface area contributed by atoms with Crippen LogP contribution in [0.1, 0.15) is 0 Å². The van der Waals surface area contributed by atoms with Crippen molar-refractivity contribution in [3.63, 3.8) is 0 Å². The van der Waals surface area contributed by atoms with Gasteiger partial charge in [0.15, 0.2) is 5.82 Å². The maximum absolute atomic E-state index is 13.2. The summed E-state index contributed by atoms with van der Waals surface area (Å²) in [6.07, 6.45) is 3.61. The van der Waals surface area contributed by atoms with Crippen LogP contribution in [0.4, 0.5) is 10.1 Å². The Morgan fingerprint density at radius 3 is 2.53 bits per heavy atom. The van der Waals surface area contributed by atoms with E-state index in [1.807, 2.05) is 6.07 Å². The van der Waals surface area contributed by atoms with Crippen LogP contribution in [-0.2, 0) is 0 Å². The second kappa shape index (κ2) is 5.32. The number of hydrogen-bond donors (Lipinski definition) is 1. The lowest BCUT2D eigenvalue weighted by Gasteiger charge is -2.28. The first-order chi connectivity index (χ1) is 9.33. The standard InChI is InChI=1S/C14H15FN4/c15-12-3-1-2-11(8-12)14-17-9-13(10-18-14)19-6-4-16-5-7-19/h1-3,8-10,16H,4-7H2. The van der Waals surface area contributed by atoms with E-state index in [1.54, 1.807) is 18.5 Å². The van der Waals surface area contributed by atoms with E-state index >= 15 is 0 Å². The molecule has 1 fully saturated rings. The number of hydrogen-bond acceptors (Lipinski definition) is 4. The second-order valence-electron chi connectivity index (χ2n) is 4.51. The summed E-state index contributed by atoms with van der Waals surface area (Å²) in [6, 6.07) is 6.33. The number of rotatable bonds is 2. The highest BCUT2D eigenvalue weighted by Crippen LogP contribution is 2.18. The molecule has 0 bridgehead atoms. The number of piperazine rings is 1. The van der Waals surface area contributed by atoms with Crippen LogP contribution in [0.5, 0.6) is 0 Å². The summed E-state index contributed by atoms with van der Waals surface area (Å²) in [7, 11) is 0. The number of benzene rings is 1. The van der Waals surface area contributed by atoms with Crippen molar-refractivity contribution in [1.82, 2.24) is 15.3 Å². The fourth-order valence-electron chi connectivity index (χ4n) is 2.18. The molecule has 2 aromatic rings. The topological polar surface area (TPSA) is 41.1 Å². The molecule has 0 unspecified atom stereocenters. The van der Waals surface area contributed by atoms with E-state index < -0.39 is 0 Å². The normalized spacial score (nSPS) is 15.5. The van der Waals surface area contributed by atoms with E-state index in [0.29, 0.717) is 11.4 Å². The SMILES string of the molecule is Fc1cccc(-c2ncc(N3CCNCC3)cn2)c1. The zero-order valence-corrected chi connectivity index (χ0v) is 10.5. The Hall–Kier alpha value is -2.01. The maximum Gasteiger partial charge on any atom is 0.159 e. The molecule has 0 radical (unpaired) electrons. The highest BCUT2D eigenvalue weighted by atomic mass is 19.1. The Balaban J connectivity index is 1.82. The van der Waals surface area contributed by atoms with Crippen LogP contribution in [0.2, 0.25) is 0 Å². The van der Waals surface area contributed by atoms with Gasteiger partial charge >= 0.3 is 0 Å². The Morgan fingerprint density at radius 2 is 1.84 bits per heavy atom. The molecule has 1 aliphatic rings. The summed E-state index contributed by atoms with van der Waals surface area (Å²) < 4.78 is 13.2. The summed E-state index contributed by atoms with van der Waals surface area (Å²) >= 11 is 0. The van der Waals surface area contributed by atoms with E-state index in [-0.39, 0.29) is 5.82 Å². The Labute approximate surface area is 111 Å². The lowest BCUT2D eigenvalue weighted by Crippen LogP contribution is -2.43. The van der Waals surface area contributed by atoms with Crippen molar-refractivity contribution in [3.05, 3.63) is 42.5 Å². The van der Waals surface area contributed by atoms with Crippen molar-refractivity contribution >= 4 is 5.69 Å². The Kier molecular flexibility index (Phi) is 3.37. The average molecular weight is 258 g/mol. The van der Waals surface area contributed by atoms with Crippen molar-refractivity contribution in [2.24, 2.45) is 0 Å². The van der Waals surface area contributed by atoms with Gasteiger partial charge in [0.05, 0.1) is 18.1 Å². The van der Waals surface area contributed by atoms with Gasteiger partial charge in [-0.3, -0.25) is 0 Å². The predicted octanol–water partition coefficient (Wildman–Crippen LogP) is 1.69. The van der Waals surface area contributed by atoms with Crippen molar-refractivity contribution in [2.45, 2.75) is 0 Å². The minimum atomic E-state index is -0.271. The minimum absolute atomic E-state index is 0.271. The number of anilines is 1. The number of halogens is 1. The predicted molar refractivity (Wildman–Crippen MR) is 72.5 cm³/mol. The summed E-state index contributed by atoms with van der Waals surface area (Å²) in [5, 5.41) is 3.30. The molecule has 0 aliphatic carbocycles. The summed E-state index contributed by atoms with van der Waals surface area (Å²) in [5.74, 6) is 0.283. The van der Waals surface area contributed by atoms with Crippen LogP contribution in [-0.4, -0.2) is 36.1 Å². The Bertz CT molecular complexity index is 550. The van der Waals surface area contributed by atoms with Gasteiger partial charge in [0, 0.05) is 31.7 Å². The molecule has 1 aromatic heterocycles. The van der Waals surface area contributed by atoms with Crippen molar-refractivity contribution in [3.8, 4) is 11.4 Å². The van der Waals surface area contributed by atoms with Crippen LogP contribution in [0.25, 0.3) is 11.4 Å². The molecule has 0 saturated carbocycles. The van der Waals surface area contributed by atoms with E-state index in [4.69, 9.17) is 0 Å². The smallest absolute Gasteiger partial charge is 0.159 e. The van der Waals surface area contributed by atoms with E-state index in [0.717, 1.165) is 31.9 Å². The van der Waals surface area contributed by atoms with Gasteiger partial charge in [-0.15, -0.1) is 0 Å². The monoisotopic (exact) mass is 258 g/mol. The van der Waals surface area contributed by atoms with Crippen LogP contribution >= 0.6 is 0 Å². The van der Waals surface area contributed by atoms with Crippen molar-refractivity contribution in [1.29, 1.82) is 0 Å². The third kappa shape index (κ3) is 2.71. The largest absolute Gasteiger partial charge is 0.366 e. The summed E-state index contributed by atoms with van der Waals surface area (Å²) in [4.78, 5) is 10.9. The van der Waals surface area contributed by atoms with Gasteiger partial charge in [-0.1, -0.05) is 12.1 Å². The van der Waals surface area contributed by atoms with Crippen LogP contribution in [0.3, 0.4) is 0 Å². The molecule has 98 valence electrons. The summed E-state index contributed by atoms with van der Waals surface area (Å²) in [5.41, 5.74) is 1.72. The number of nitrogens with one attached hydrogen (secondary N) is 1. The fourth-order valence-corrected chi connectivity index (χ4v) is 2.18. The lowest BCUT2D eigenvalue weighted by atomic mass is 10.2. The van der Waals surface area contributed by atoms with Gasteiger partial charge in [0.1, 0.15) is 5.82 Å². The van der Waals surface area contributed by atoms with Gasteiger partial charge in [0.25, 0.3) is 0 Å². The van der Waals surface area contributed by atoms with Crippen molar-refractivity contribution < 1.29 is 4.39 Å². The van der Waals surface area contributed by atoms with Gasteiger partial charge in [0.2, 0.25) is 0 Å². The average Bonchev–Trinajstić information content (AvgIpc) is 2.48. The second-order valence-corrected chi connectivity index (χ2v) is 4.51. The first-order valence-corrected chi connectivity index (χ1v) is 6.36. The zero-order chi connectivity index (χ0) is 13.1. The minimum Gasteiger partial charge on any atom is -0.366 e.